The zero-order valence-electron chi connectivity index (χ0n) is 13.4. The lowest BCUT2D eigenvalue weighted by Crippen LogP contribution is -2.67. The van der Waals surface area contributed by atoms with Crippen LogP contribution in [0.15, 0.2) is 0 Å². The van der Waals surface area contributed by atoms with E-state index in [9.17, 15) is 25.2 Å². The van der Waals surface area contributed by atoms with E-state index in [2.05, 4.69) is 17.9 Å². The predicted molar refractivity (Wildman–Crippen MR) is 86.8 cm³/mol. The molecule has 0 heterocycles. The van der Waals surface area contributed by atoms with Crippen molar-refractivity contribution in [3.63, 3.8) is 0 Å². The van der Waals surface area contributed by atoms with Gasteiger partial charge >= 0.3 is 0 Å². The Balaban J connectivity index is 5.23. The smallest absolute Gasteiger partial charge is 0.256 e. The Morgan fingerprint density at radius 2 is 1.78 bits per heavy atom. The van der Waals surface area contributed by atoms with Crippen LogP contribution in [0, 0.1) is 0 Å². The van der Waals surface area contributed by atoms with E-state index in [4.69, 9.17) is 10.2 Å². The average Bonchev–Trinajstić information content (AvgIpc) is 2.54. The molecule has 7 N–H and O–H groups in total. The van der Waals surface area contributed by atoms with Gasteiger partial charge in [-0.2, -0.15) is 0 Å². The van der Waals surface area contributed by atoms with Crippen molar-refractivity contribution in [2.75, 3.05) is 19.8 Å². The number of carbonyl (C=O) groups excluding carboxylic acids is 1. The van der Waals surface area contributed by atoms with E-state index in [0.717, 1.165) is 0 Å². The van der Waals surface area contributed by atoms with Gasteiger partial charge in [0.1, 0.15) is 12.2 Å². The largest absolute Gasteiger partial charge is 0.396 e. The first-order valence-corrected chi connectivity index (χ1v) is 8.17. The molecule has 0 rings (SSSR count). The Morgan fingerprint density at radius 1 is 1.17 bits per heavy atom. The second-order valence-corrected chi connectivity index (χ2v) is 6.25. The van der Waals surface area contributed by atoms with Gasteiger partial charge in [0, 0.05) is 13.2 Å². The lowest BCUT2D eigenvalue weighted by molar-refractivity contribution is -0.189. The molecule has 0 fully saturated rings. The van der Waals surface area contributed by atoms with E-state index < -0.39 is 35.3 Å². The Kier molecular flexibility index (Phi) is 10.3. The summed E-state index contributed by atoms with van der Waals surface area (Å²) in [5.74, 6) is -0.939. The van der Waals surface area contributed by atoms with Crippen molar-refractivity contribution in [2.24, 2.45) is 0 Å². The molecule has 0 saturated carbocycles. The highest BCUT2D eigenvalue weighted by Crippen LogP contribution is 2.36. The molecule has 0 aromatic carbocycles. The third-order valence-corrected chi connectivity index (χ3v) is 4.35. The van der Waals surface area contributed by atoms with E-state index in [-0.39, 0.29) is 19.6 Å². The fourth-order valence-electron chi connectivity index (χ4n) is 2.09. The minimum atomic E-state index is -2.66. The number of hydrogen-bond donors (Lipinski definition) is 8. The maximum Gasteiger partial charge on any atom is 0.256 e. The van der Waals surface area contributed by atoms with Crippen molar-refractivity contribution < 1.29 is 35.4 Å². The molecule has 9 heteroatoms. The van der Waals surface area contributed by atoms with Gasteiger partial charge in [0.2, 0.25) is 0 Å². The van der Waals surface area contributed by atoms with Crippen LogP contribution < -0.4 is 5.32 Å². The molecule has 0 radical (unpaired) electrons. The first-order chi connectivity index (χ1) is 10.7. The van der Waals surface area contributed by atoms with Crippen molar-refractivity contribution in [2.45, 2.75) is 61.8 Å². The number of thiol groups is 1. The maximum absolute atomic E-state index is 12.3. The van der Waals surface area contributed by atoms with E-state index in [0.29, 0.717) is 25.7 Å². The molecule has 0 aromatic rings. The molecule has 138 valence electrons. The first kappa shape index (κ1) is 22.6. The fraction of sp³-hybridized carbons (Fsp3) is 0.929. The van der Waals surface area contributed by atoms with Crippen LogP contribution >= 0.6 is 12.6 Å². The first-order valence-electron chi connectivity index (χ1n) is 7.72. The van der Waals surface area contributed by atoms with Crippen LogP contribution in [0.4, 0.5) is 0 Å². The van der Waals surface area contributed by atoms with E-state index >= 15 is 0 Å². The number of aliphatic hydroxyl groups excluding tert-OH is 4. The Hall–Kier alpha value is -0.420. The lowest BCUT2D eigenvalue weighted by Gasteiger charge is -2.42. The fourth-order valence-corrected chi connectivity index (χ4v) is 2.48. The average molecular weight is 355 g/mol. The monoisotopic (exact) mass is 355 g/mol. The summed E-state index contributed by atoms with van der Waals surface area (Å²) in [6.45, 7) is 1.08. The number of nitrogens with one attached hydrogen (secondary N) is 1. The normalized spacial score (nSPS) is 19.5. The second-order valence-electron chi connectivity index (χ2n) is 5.57. The SMILES string of the molecule is CCCCC(O)(C(=O)NCCCCO)C(O)(S)C(O)C(O)CO. The maximum atomic E-state index is 12.3. The van der Waals surface area contributed by atoms with Gasteiger partial charge in [-0.15, -0.1) is 12.6 Å². The third-order valence-electron chi connectivity index (χ3n) is 3.71. The van der Waals surface area contributed by atoms with Gasteiger partial charge in [-0.3, -0.25) is 4.79 Å². The highest BCUT2D eigenvalue weighted by atomic mass is 32.1. The molecule has 1 amide bonds. The van der Waals surface area contributed by atoms with Crippen LogP contribution in [0.5, 0.6) is 0 Å². The molecule has 4 atom stereocenters. The standard InChI is InChI=1S/C14H29NO7S/c1-2-3-6-13(21,12(20)15-7-4-5-8-16)14(22,23)11(19)10(18)9-17/h10-11,16-19,21-23H,2-9H2,1H3,(H,15,20). The summed E-state index contributed by atoms with van der Waals surface area (Å²) in [4.78, 5) is 9.65. The van der Waals surface area contributed by atoms with Gasteiger partial charge in [-0.05, 0) is 19.3 Å². The van der Waals surface area contributed by atoms with Crippen molar-refractivity contribution in [3.8, 4) is 0 Å². The summed E-state index contributed by atoms with van der Waals surface area (Å²) >= 11 is 3.81. The van der Waals surface area contributed by atoms with Crippen LogP contribution in [0.3, 0.4) is 0 Å². The van der Waals surface area contributed by atoms with Gasteiger partial charge in [-0.25, -0.2) is 0 Å². The molecule has 0 aromatic heterocycles. The van der Waals surface area contributed by atoms with Gasteiger partial charge in [-0.1, -0.05) is 19.8 Å². The molecule has 23 heavy (non-hydrogen) atoms. The molecular formula is C14H29NO7S. The molecule has 0 aliphatic heterocycles. The summed E-state index contributed by atoms with van der Waals surface area (Å²) in [6, 6.07) is 0. The minimum absolute atomic E-state index is 0.0338. The van der Waals surface area contributed by atoms with Crippen molar-refractivity contribution >= 4 is 18.5 Å². The number of amides is 1. The molecule has 0 aliphatic rings. The molecule has 0 spiro atoms. The third kappa shape index (κ3) is 5.86. The van der Waals surface area contributed by atoms with Gasteiger partial charge in [0.15, 0.2) is 10.5 Å². The summed E-state index contributed by atoms with van der Waals surface area (Å²) in [5.41, 5.74) is -2.46. The number of rotatable bonds is 12. The molecule has 0 saturated heterocycles. The number of carbonyl (C=O) groups is 1. The number of unbranched alkanes of at least 4 members (excludes halogenated alkanes) is 2. The molecule has 0 bridgehead atoms. The predicted octanol–water partition coefficient (Wildman–Crippen LogP) is -1.87. The van der Waals surface area contributed by atoms with Crippen molar-refractivity contribution in [3.05, 3.63) is 0 Å². The van der Waals surface area contributed by atoms with Crippen LogP contribution in [0.1, 0.15) is 39.0 Å². The van der Waals surface area contributed by atoms with Crippen molar-refractivity contribution in [1.82, 2.24) is 5.32 Å². The van der Waals surface area contributed by atoms with E-state index in [1.807, 2.05) is 6.92 Å². The number of hydrogen-bond acceptors (Lipinski definition) is 8. The topological polar surface area (TPSA) is 150 Å². The van der Waals surface area contributed by atoms with Crippen LogP contribution in [0.2, 0.25) is 0 Å². The van der Waals surface area contributed by atoms with Crippen LogP contribution in [-0.4, -0.2) is 79.0 Å². The summed E-state index contributed by atoms with van der Waals surface area (Å²) in [6.07, 6.45) is -2.09. The van der Waals surface area contributed by atoms with Gasteiger partial charge in [0.05, 0.1) is 6.61 Å². The minimum Gasteiger partial charge on any atom is -0.396 e. The highest BCUT2D eigenvalue weighted by Gasteiger charge is 2.57. The van der Waals surface area contributed by atoms with Gasteiger partial charge < -0.3 is 36.0 Å². The molecule has 4 unspecified atom stereocenters. The number of aliphatic hydroxyl groups is 6. The Bertz CT molecular complexity index is 356. The molecular weight excluding hydrogens is 326 g/mol. The summed E-state index contributed by atoms with van der Waals surface area (Å²) < 4.78 is 0. The van der Waals surface area contributed by atoms with Gasteiger partial charge in [0.25, 0.3) is 5.91 Å². The Morgan fingerprint density at radius 3 is 2.26 bits per heavy atom. The van der Waals surface area contributed by atoms with Crippen LogP contribution in [-0.2, 0) is 4.79 Å². The lowest BCUT2D eigenvalue weighted by atomic mass is 9.84. The Labute approximate surface area is 141 Å². The van der Waals surface area contributed by atoms with E-state index in [1.165, 1.54) is 0 Å². The molecule has 8 nitrogen and oxygen atoms in total. The zero-order chi connectivity index (χ0) is 18.1. The summed E-state index contributed by atoms with van der Waals surface area (Å²) in [5, 5.41) is 60.5. The quantitative estimate of drug-likeness (QED) is 0.116. The van der Waals surface area contributed by atoms with Crippen LogP contribution in [0.25, 0.3) is 0 Å². The highest BCUT2D eigenvalue weighted by molar-refractivity contribution is 7.81. The van der Waals surface area contributed by atoms with Crippen molar-refractivity contribution in [1.29, 1.82) is 0 Å². The summed E-state index contributed by atoms with van der Waals surface area (Å²) in [7, 11) is 0. The molecule has 0 aliphatic carbocycles. The second kappa shape index (κ2) is 10.4. The van der Waals surface area contributed by atoms with E-state index in [1.54, 1.807) is 0 Å². The zero-order valence-corrected chi connectivity index (χ0v) is 14.2.